The number of halogens is 1. The van der Waals surface area contributed by atoms with Gasteiger partial charge in [-0.1, -0.05) is 54.8 Å². The number of benzene rings is 2. The van der Waals surface area contributed by atoms with Gasteiger partial charge in [-0.25, -0.2) is 4.39 Å². The Balaban J connectivity index is 1.45. The summed E-state index contributed by atoms with van der Waals surface area (Å²) in [5, 5.41) is 4.51. The number of rotatable bonds is 9. The quantitative estimate of drug-likeness (QED) is 0.350. The van der Waals surface area contributed by atoms with Crippen LogP contribution in [-0.4, -0.2) is 57.6 Å². The molecule has 1 unspecified atom stereocenters. The molecule has 1 aliphatic heterocycles. The molecule has 0 radical (unpaired) electrons. The minimum absolute atomic E-state index is 0.0588. The lowest BCUT2D eigenvalue weighted by Crippen LogP contribution is -2.47. The van der Waals surface area contributed by atoms with Crippen molar-refractivity contribution < 1.29 is 14.0 Å². The van der Waals surface area contributed by atoms with E-state index in [2.05, 4.69) is 27.1 Å². The van der Waals surface area contributed by atoms with Crippen LogP contribution in [0.4, 0.5) is 10.1 Å². The number of anilines is 1. The molecule has 6 heteroatoms. The van der Waals surface area contributed by atoms with Gasteiger partial charge in [0.15, 0.2) is 0 Å². The van der Waals surface area contributed by atoms with E-state index in [4.69, 9.17) is 9.57 Å². The molecule has 1 saturated heterocycles. The molecule has 1 heterocycles. The van der Waals surface area contributed by atoms with Crippen LogP contribution in [-0.2, 0) is 4.84 Å². The van der Waals surface area contributed by atoms with Crippen LogP contribution in [0.15, 0.2) is 53.7 Å². The molecule has 184 valence electrons. The van der Waals surface area contributed by atoms with E-state index in [1.54, 1.807) is 26.4 Å². The third-order valence-electron chi connectivity index (χ3n) is 7.39. The molecule has 0 amide bonds. The summed E-state index contributed by atoms with van der Waals surface area (Å²) in [5.74, 6) is 1.09. The van der Waals surface area contributed by atoms with Gasteiger partial charge >= 0.3 is 0 Å². The largest absolute Gasteiger partial charge is 0.495 e. The lowest BCUT2D eigenvalue weighted by molar-refractivity contribution is 0.206. The molecule has 1 aliphatic carbocycles. The number of ether oxygens (including phenoxy) is 1. The van der Waals surface area contributed by atoms with Crippen LogP contribution in [0.3, 0.4) is 0 Å². The number of oxime groups is 1. The number of hydrogen-bond acceptors (Lipinski definition) is 5. The Morgan fingerprint density at radius 2 is 1.68 bits per heavy atom. The summed E-state index contributed by atoms with van der Waals surface area (Å²) in [5.41, 5.74) is 2.93. The van der Waals surface area contributed by atoms with Crippen molar-refractivity contribution in [2.24, 2.45) is 11.1 Å². The molecule has 2 aromatic carbocycles. The average molecular weight is 468 g/mol. The van der Waals surface area contributed by atoms with Crippen molar-refractivity contribution in [2.45, 2.75) is 44.4 Å². The molecular weight excluding hydrogens is 429 g/mol. The normalized spacial score (nSPS) is 19.1. The zero-order valence-electron chi connectivity index (χ0n) is 20.6. The Bertz CT molecular complexity index is 937. The highest BCUT2D eigenvalue weighted by molar-refractivity contribution is 5.92. The minimum Gasteiger partial charge on any atom is -0.495 e. The highest BCUT2D eigenvalue weighted by atomic mass is 19.1. The van der Waals surface area contributed by atoms with Crippen LogP contribution in [0, 0.1) is 11.7 Å². The topological polar surface area (TPSA) is 37.3 Å². The summed E-state index contributed by atoms with van der Waals surface area (Å²) in [4.78, 5) is 10.2. The second-order valence-electron chi connectivity index (χ2n) is 9.40. The third kappa shape index (κ3) is 5.90. The van der Waals surface area contributed by atoms with Gasteiger partial charge in [0.2, 0.25) is 0 Å². The van der Waals surface area contributed by atoms with Gasteiger partial charge < -0.3 is 14.5 Å². The molecule has 1 saturated carbocycles. The molecule has 5 nitrogen and oxygen atoms in total. The molecule has 2 fully saturated rings. The van der Waals surface area contributed by atoms with Crippen molar-refractivity contribution >= 4 is 11.4 Å². The standard InChI is InChI=1S/C28H38FN3O2/c1-33-27-15-9-8-14-26(27)32-20-18-31(19-21-32)17-16-24(23-12-6-7-13-25(23)29)28(30-34-2)22-10-4-3-5-11-22/h6-9,12-15,22,24H,3-5,10-11,16-21H2,1-2H3. The van der Waals surface area contributed by atoms with Gasteiger partial charge in [0.05, 0.1) is 18.5 Å². The van der Waals surface area contributed by atoms with Gasteiger partial charge in [0.1, 0.15) is 18.7 Å². The van der Waals surface area contributed by atoms with Gasteiger partial charge in [-0.05, 0) is 49.6 Å². The fourth-order valence-electron chi connectivity index (χ4n) is 5.56. The Morgan fingerprint density at radius 3 is 2.38 bits per heavy atom. The number of hydrogen-bond donors (Lipinski definition) is 0. The monoisotopic (exact) mass is 467 g/mol. The molecule has 0 N–H and O–H groups in total. The second kappa shape index (κ2) is 12.2. The summed E-state index contributed by atoms with van der Waals surface area (Å²) in [7, 11) is 3.34. The lowest BCUT2D eigenvalue weighted by Gasteiger charge is -2.37. The first kappa shape index (κ1) is 24.5. The first-order chi connectivity index (χ1) is 16.7. The molecule has 0 aromatic heterocycles. The van der Waals surface area contributed by atoms with Gasteiger partial charge in [-0.3, -0.25) is 4.90 Å². The van der Waals surface area contributed by atoms with E-state index in [1.165, 1.54) is 19.3 Å². The molecule has 0 spiro atoms. The Labute approximate surface area is 203 Å². The fraction of sp³-hybridized carbons (Fsp3) is 0.536. The Morgan fingerprint density at radius 1 is 0.971 bits per heavy atom. The zero-order valence-corrected chi connectivity index (χ0v) is 20.6. The van der Waals surface area contributed by atoms with Crippen LogP contribution in [0.2, 0.25) is 0 Å². The molecule has 1 atom stereocenters. The van der Waals surface area contributed by atoms with Crippen molar-refractivity contribution in [1.29, 1.82) is 0 Å². The van der Waals surface area contributed by atoms with Crippen molar-refractivity contribution in [3.63, 3.8) is 0 Å². The summed E-state index contributed by atoms with van der Waals surface area (Å²) in [6.45, 7) is 4.76. The van der Waals surface area contributed by atoms with Crippen LogP contribution in [0.5, 0.6) is 5.75 Å². The minimum atomic E-state index is -0.145. The smallest absolute Gasteiger partial charge is 0.142 e. The van der Waals surface area contributed by atoms with Gasteiger partial charge in [-0.2, -0.15) is 0 Å². The average Bonchev–Trinajstić information content (AvgIpc) is 2.90. The Hall–Kier alpha value is -2.60. The van der Waals surface area contributed by atoms with Crippen molar-refractivity contribution in [3.8, 4) is 5.75 Å². The number of nitrogens with zero attached hydrogens (tertiary/aromatic N) is 3. The maximum Gasteiger partial charge on any atom is 0.142 e. The second-order valence-corrected chi connectivity index (χ2v) is 9.40. The molecule has 2 aromatic rings. The third-order valence-corrected chi connectivity index (χ3v) is 7.39. The molecule has 34 heavy (non-hydrogen) atoms. The van der Waals surface area contributed by atoms with Crippen molar-refractivity contribution in [3.05, 3.63) is 59.9 Å². The van der Waals surface area contributed by atoms with Gasteiger partial charge in [0, 0.05) is 38.0 Å². The summed E-state index contributed by atoms with van der Waals surface area (Å²) >= 11 is 0. The maximum absolute atomic E-state index is 15.0. The maximum atomic E-state index is 15.0. The van der Waals surface area contributed by atoms with E-state index in [9.17, 15) is 4.39 Å². The predicted octanol–water partition coefficient (Wildman–Crippen LogP) is 5.71. The molecule has 2 aliphatic rings. The van der Waals surface area contributed by atoms with Crippen LogP contribution >= 0.6 is 0 Å². The van der Waals surface area contributed by atoms with E-state index >= 15 is 0 Å². The zero-order chi connectivity index (χ0) is 23.8. The summed E-state index contributed by atoms with van der Waals surface area (Å²) < 4.78 is 20.5. The van der Waals surface area contributed by atoms with Crippen LogP contribution in [0.25, 0.3) is 0 Å². The highest BCUT2D eigenvalue weighted by Crippen LogP contribution is 2.35. The summed E-state index contributed by atoms with van der Waals surface area (Å²) in [6.07, 6.45) is 6.77. The Kier molecular flexibility index (Phi) is 8.80. The van der Waals surface area contributed by atoms with E-state index in [0.29, 0.717) is 5.92 Å². The summed E-state index contributed by atoms with van der Waals surface area (Å²) in [6, 6.07) is 15.4. The fourth-order valence-corrected chi connectivity index (χ4v) is 5.56. The first-order valence-corrected chi connectivity index (χ1v) is 12.7. The molecule has 0 bridgehead atoms. The lowest BCUT2D eigenvalue weighted by atomic mass is 9.77. The van der Waals surface area contributed by atoms with E-state index < -0.39 is 0 Å². The van der Waals surface area contributed by atoms with Crippen LogP contribution < -0.4 is 9.64 Å². The van der Waals surface area contributed by atoms with E-state index in [-0.39, 0.29) is 11.7 Å². The van der Waals surface area contributed by atoms with Crippen LogP contribution in [0.1, 0.15) is 50.0 Å². The molecular formula is C28H38FN3O2. The van der Waals surface area contributed by atoms with Crippen molar-refractivity contribution in [1.82, 2.24) is 4.90 Å². The van der Waals surface area contributed by atoms with E-state index in [0.717, 1.165) is 74.7 Å². The first-order valence-electron chi connectivity index (χ1n) is 12.7. The number of piperazine rings is 1. The number of para-hydroxylation sites is 2. The molecule has 4 rings (SSSR count). The highest BCUT2D eigenvalue weighted by Gasteiger charge is 2.30. The predicted molar refractivity (Wildman–Crippen MR) is 136 cm³/mol. The number of methoxy groups -OCH3 is 1. The van der Waals surface area contributed by atoms with Gasteiger partial charge in [0.25, 0.3) is 0 Å². The van der Waals surface area contributed by atoms with Crippen molar-refractivity contribution in [2.75, 3.05) is 51.8 Å². The van der Waals surface area contributed by atoms with Gasteiger partial charge in [-0.15, -0.1) is 0 Å². The SMILES string of the molecule is CON=C(C1CCCCC1)C(CCN1CCN(c2ccccc2OC)CC1)c1ccccc1F. The van der Waals surface area contributed by atoms with E-state index in [1.807, 2.05) is 24.3 Å².